The van der Waals surface area contributed by atoms with E-state index in [4.69, 9.17) is 4.52 Å². The lowest BCUT2D eigenvalue weighted by Gasteiger charge is -2.30. The highest BCUT2D eigenvalue weighted by atomic mass is 16.5. The molecule has 0 unspecified atom stereocenters. The number of hydrogen-bond acceptors (Lipinski definition) is 5. The molecule has 8 heteroatoms. The van der Waals surface area contributed by atoms with Gasteiger partial charge in [-0.15, -0.1) is 0 Å². The molecule has 8 nitrogen and oxygen atoms in total. The molecule has 1 amide bonds. The number of likely N-dealkylation sites (tertiary alicyclic amines) is 1. The lowest BCUT2D eigenvalue weighted by Crippen LogP contribution is -2.38. The van der Waals surface area contributed by atoms with E-state index in [1.54, 1.807) is 4.90 Å². The normalized spacial score (nSPS) is 16.7. The summed E-state index contributed by atoms with van der Waals surface area (Å²) in [6, 6.07) is 1.47. The molecule has 2 aromatic rings. The fraction of sp³-hybridized carbons (Fsp3) is 0.455. The fourth-order valence-electron chi connectivity index (χ4n) is 2.32. The number of carbonyl (C=O) groups is 1. The van der Waals surface area contributed by atoms with Crippen molar-refractivity contribution in [2.45, 2.75) is 18.8 Å². The average Bonchev–Trinajstić information content (AvgIpc) is 3.09. The Balaban J connectivity index is 1.63. The molecule has 0 atom stereocenters. The van der Waals surface area contributed by atoms with Crippen LogP contribution in [-0.4, -0.2) is 44.2 Å². The molecular weight excluding hydrogens is 250 g/mol. The van der Waals surface area contributed by atoms with E-state index in [1.165, 1.54) is 12.4 Å². The summed E-state index contributed by atoms with van der Waals surface area (Å²) in [5.41, 5.74) is -0.227. The SMILES string of the molecule is O=C(c1ncn[nH]1)N1CCC(c2cc(=O)[nH]o2)CC1. The topological polar surface area (TPSA) is 108 Å². The highest BCUT2D eigenvalue weighted by Crippen LogP contribution is 2.27. The molecule has 2 N–H and O–H groups in total. The van der Waals surface area contributed by atoms with Crippen molar-refractivity contribution in [1.82, 2.24) is 25.2 Å². The summed E-state index contributed by atoms with van der Waals surface area (Å²) in [4.78, 5) is 28.6. The summed E-state index contributed by atoms with van der Waals surface area (Å²) >= 11 is 0. The fourth-order valence-corrected chi connectivity index (χ4v) is 2.32. The maximum absolute atomic E-state index is 12.0. The van der Waals surface area contributed by atoms with Crippen LogP contribution in [0, 0.1) is 0 Å². The van der Waals surface area contributed by atoms with Gasteiger partial charge < -0.3 is 9.42 Å². The minimum absolute atomic E-state index is 0.147. The summed E-state index contributed by atoms with van der Waals surface area (Å²) in [6.07, 6.45) is 2.84. The minimum atomic E-state index is -0.227. The average molecular weight is 263 g/mol. The number of nitrogens with one attached hydrogen (secondary N) is 2. The second-order valence-corrected chi connectivity index (χ2v) is 4.52. The second-order valence-electron chi connectivity index (χ2n) is 4.52. The van der Waals surface area contributed by atoms with Gasteiger partial charge in [0.15, 0.2) is 0 Å². The lowest BCUT2D eigenvalue weighted by molar-refractivity contribution is 0.0694. The van der Waals surface area contributed by atoms with Crippen LogP contribution in [0.4, 0.5) is 0 Å². The van der Waals surface area contributed by atoms with Crippen molar-refractivity contribution in [2.24, 2.45) is 0 Å². The standard InChI is InChI=1S/C11H13N5O3/c17-9-5-8(19-15-9)7-1-3-16(4-2-7)11(18)10-12-6-13-14-10/h5-7H,1-4H2,(H,15,17)(H,12,13,14). The molecule has 0 radical (unpaired) electrons. The molecule has 3 rings (SSSR count). The van der Waals surface area contributed by atoms with E-state index in [0.29, 0.717) is 18.8 Å². The lowest BCUT2D eigenvalue weighted by atomic mass is 9.94. The van der Waals surface area contributed by atoms with Crippen LogP contribution in [0.15, 0.2) is 21.7 Å². The predicted molar refractivity (Wildman–Crippen MR) is 63.6 cm³/mol. The Labute approximate surface area is 107 Å². The Kier molecular flexibility index (Phi) is 2.90. The van der Waals surface area contributed by atoms with Crippen LogP contribution >= 0.6 is 0 Å². The first-order valence-corrected chi connectivity index (χ1v) is 6.07. The molecule has 0 bridgehead atoms. The Hall–Kier alpha value is -2.38. The summed E-state index contributed by atoms with van der Waals surface area (Å²) < 4.78 is 5.10. The smallest absolute Gasteiger partial charge is 0.291 e. The van der Waals surface area contributed by atoms with E-state index in [9.17, 15) is 9.59 Å². The van der Waals surface area contributed by atoms with Crippen molar-refractivity contribution in [1.29, 1.82) is 0 Å². The van der Waals surface area contributed by atoms with Gasteiger partial charge in [0.2, 0.25) is 5.82 Å². The molecular formula is C11H13N5O3. The molecule has 19 heavy (non-hydrogen) atoms. The van der Waals surface area contributed by atoms with Crippen molar-refractivity contribution in [3.63, 3.8) is 0 Å². The molecule has 0 spiro atoms. The van der Waals surface area contributed by atoms with Gasteiger partial charge in [0.05, 0.1) is 0 Å². The van der Waals surface area contributed by atoms with Crippen LogP contribution < -0.4 is 5.56 Å². The van der Waals surface area contributed by atoms with Gasteiger partial charge in [0, 0.05) is 25.1 Å². The first-order valence-electron chi connectivity index (χ1n) is 6.07. The maximum atomic E-state index is 12.0. The molecule has 1 saturated heterocycles. The van der Waals surface area contributed by atoms with Gasteiger partial charge in [-0.25, -0.2) is 4.98 Å². The van der Waals surface area contributed by atoms with Gasteiger partial charge in [-0.05, 0) is 12.8 Å². The van der Waals surface area contributed by atoms with Crippen molar-refractivity contribution >= 4 is 5.91 Å². The maximum Gasteiger partial charge on any atom is 0.291 e. The minimum Gasteiger partial charge on any atom is -0.383 e. The number of carbonyl (C=O) groups excluding carboxylic acids is 1. The number of piperidine rings is 1. The van der Waals surface area contributed by atoms with E-state index in [2.05, 4.69) is 20.3 Å². The number of rotatable bonds is 2. The van der Waals surface area contributed by atoms with Gasteiger partial charge in [-0.3, -0.25) is 14.7 Å². The molecule has 0 saturated carbocycles. The molecule has 1 aliphatic rings. The van der Waals surface area contributed by atoms with Crippen LogP contribution in [0.25, 0.3) is 0 Å². The highest BCUT2D eigenvalue weighted by Gasteiger charge is 2.27. The zero-order valence-electron chi connectivity index (χ0n) is 10.1. The number of nitrogens with zero attached hydrogens (tertiary/aromatic N) is 3. The van der Waals surface area contributed by atoms with Gasteiger partial charge in [-0.2, -0.15) is 10.3 Å². The molecule has 100 valence electrons. The third kappa shape index (κ3) is 2.28. The molecule has 3 heterocycles. The monoisotopic (exact) mass is 263 g/mol. The van der Waals surface area contributed by atoms with Crippen molar-refractivity contribution in [3.8, 4) is 0 Å². The second kappa shape index (κ2) is 4.71. The molecule has 2 aromatic heterocycles. The number of hydrogen-bond donors (Lipinski definition) is 2. The largest absolute Gasteiger partial charge is 0.383 e. The van der Waals surface area contributed by atoms with E-state index in [1.807, 2.05) is 0 Å². The molecule has 0 aromatic carbocycles. The van der Waals surface area contributed by atoms with Crippen molar-refractivity contribution in [2.75, 3.05) is 13.1 Å². The third-order valence-electron chi connectivity index (χ3n) is 3.34. The number of aromatic nitrogens is 4. The summed E-state index contributed by atoms with van der Waals surface area (Å²) in [6.45, 7) is 1.22. The van der Waals surface area contributed by atoms with Crippen LogP contribution in [0.3, 0.4) is 0 Å². The van der Waals surface area contributed by atoms with Crippen molar-refractivity contribution < 1.29 is 9.32 Å². The van der Waals surface area contributed by atoms with Crippen molar-refractivity contribution in [3.05, 3.63) is 34.3 Å². The third-order valence-corrected chi connectivity index (χ3v) is 3.34. The summed E-state index contributed by atoms with van der Waals surface area (Å²) in [5, 5.41) is 8.52. The Morgan fingerprint density at radius 1 is 1.42 bits per heavy atom. The van der Waals surface area contributed by atoms with E-state index >= 15 is 0 Å². The Morgan fingerprint density at radius 3 is 2.79 bits per heavy atom. The van der Waals surface area contributed by atoms with Gasteiger partial charge in [0.1, 0.15) is 12.1 Å². The Bertz CT molecular complexity index is 606. The molecule has 1 fully saturated rings. The summed E-state index contributed by atoms with van der Waals surface area (Å²) in [5.74, 6) is 0.951. The number of aromatic amines is 2. The quantitative estimate of drug-likeness (QED) is 0.799. The van der Waals surface area contributed by atoms with E-state index in [0.717, 1.165) is 12.8 Å². The number of amides is 1. The van der Waals surface area contributed by atoms with Crippen LogP contribution in [0.1, 0.15) is 35.1 Å². The first kappa shape index (κ1) is 11.7. The molecule has 1 aliphatic heterocycles. The summed E-state index contributed by atoms with van der Waals surface area (Å²) in [7, 11) is 0. The van der Waals surface area contributed by atoms with Crippen LogP contribution in [0.5, 0.6) is 0 Å². The zero-order chi connectivity index (χ0) is 13.2. The van der Waals surface area contributed by atoms with E-state index < -0.39 is 0 Å². The van der Waals surface area contributed by atoms with Gasteiger partial charge in [-0.1, -0.05) is 0 Å². The Morgan fingerprint density at radius 2 is 2.21 bits per heavy atom. The number of H-pyrrole nitrogens is 2. The van der Waals surface area contributed by atoms with Gasteiger partial charge in [0.25, 0.3) is 11.5 Å². The van der Waals surface area contributed by atoms with E-state index in [-0.39, 0.29) is 23.2 Å². The first-order chi connectivity index (χ1) is 9.24. The van der Waals surface area contributed by atoms with Gasteiger partial charge >= 0.3 is 0 Å². The van der Waals surface area contributed by atoms with Crippen LogP contribution in [0.2, 0.25) is 0 Å². The molecule has 0 aliphatic carbocycles. The highest BCUT2D eigenvalue weighted by molar-refractivity contribution is 5.90. The zero-order valence-corrected chi connectivity index (χ0v) is 10.1. The predicted octanol–water partition coefficient (Wildman–Crippen LogP) is 0.106. The van der Waals surface area contributed by atoms with Crippen LogP contribution in [-0.2, 0) is 0 Å².